The van der Waals surface area contributed by atoms with E-state index >= 15 is 0 Å². The second-order valence-corrected chi connectivity index (χ2v) is 6.36. The summed E-state index contributed by atoms with van der Waals surface area (Å²) in [6, 6.07) is 10.2. The minimum Gasteiger partial charge on any atom is -0.493 e. The second kappa shape index (κ2) is 9.31. The van der Waals surface area contributed by atoms with E-state index in [9.17, 15) is 10.1 Å². The fraction of sp³-hybridized carbons (Fsp3) is 0.200. The summed E-state index contributed by atoms with van der Waals surface area (Å²) in [5, 5.41) is 12.9. The van der Waals surface area contributed by atoms with Crippen LogP contribution in [0.15, 0.2) is 35.9 Å². The van der Waals surface area contributed by atoms with Crippen molar-refractivity contribution in [3.8, 4) is 17.6 Å². The number of aryl methyl sites for hydroxylation is 1. The van der Waals surface area contributed by atoms with Gasteiger partial charge < -0.3 is 14.8 Å². The highest BCUT2D eigenvalue weighted by molar-refractivity contribution is 6.32. The Morgan fingerprint density at radius 2 is 1.96 bits per heavy atom. The predicted molar refractivity (Wildman–Crippen MR) is 108 cm³/mol. The third-order valence-corrected chi connectivity index (χ3v) is 4.41. The first-order valence-electron chi connectivity index (χ1n) is 8.09. The SMILES string of the molecule is CCOc1cc(Cl)c(/C=C(\C#N)C(=O)Nc2ccc(C)c(Cl)c2)cc1OC. The highest BCUT2D eigenvalue weighted by Crippen LogP contribution is 2.34. The first kappa shape index (κ1) is 20.6. The van der Waals surface area contributed by atoms with Gasteiger partial charge >= 0.3 is 0 Å². The third-order valence-electron chi connectivity index (χ3n) is 3.68. The smallest absolute Gasteiger partial charge is 0.266 e. The van der Waals surface area contributed by atoms with Crippen LogP contribution in [0.5, 0.6) is 11.5 Å². The van der Waals surface area contributed by atoms with Crippen LogP contribution in [0.2, 0.25) is 10.0 Å². The van der Waals surface area contributed by atoms with E-state index in [0.717, 1.165) is 5.56 Å². The van der Waals surface area contributed by atoms with E-state index in [0.29, 0.717) is 39.4 Å². The van der Waals surface area contributed by atoms with Crippen molar-refractivity contribution in [3.05, 3.63) is 57.1 Å². The van der Waals surface area contributed by atoms with Gasteiger partial charge in [-0.1, -0.05) is 29.3 Å². The molecule has 0 saturated carbocycles. The number of halogens is 2. The van der Waals surface area contributed by atoms with Gasteiger partial charge in [-0.15, -0.1) is 0 Å². The zero-order valence-electron chi connectivity index (χ0n) is 15.1. The Kier molecular flexibility index (Phi) is 7.12. The number of nitrogens with zero attached hydrogens (tertiary/aromatic N) is 1. The lowest BCUT2D eigenvalue weighted by molar-refractivity contribution is -0.112. The molecule has 2 rings (SSSR count). The number of carbonyl (C=O) groups is 1. The number of anilines is 1. The molecule has 1 N–H and O–H groups in total. The van der Waals surface area contributed by atoms with Gasteiger partial charge in [-0.25, -0.2) is 0 Å². The highest BCUT2D eigenvalue weighted by atomic mass is 35.5. The molecule has 0 fully saturated rings. The Hall–Kier alpha value is -2.68. The van der Waals surface area contributed by atoms with E-state index in [2.05, 4.69) is 5.32 Å². The molecule has 0 aliphatic heterocycles. The number of amides is 1. The summed E-state index contributed by atoms with van der Waals surface area (Å²) in [6.45, 7) is 4.15. The normalized spacial score (nSPS) is 10.9. The fourth-order valence-electron chi connectivity index (χ4n) is 2.26. The molecule has 27 heavy (non-hydrogen) atoms. The summed E-state index contributed by atoms with van der Waals surface area (Å²) >= 11 is 12.3. The van der Waals surface area contributed by atoms with E-state index in [1.165, 1.54) is 13.2 Å². The number of nitriles is 1. The van der Waals surface area contributed by atoms with E-state index in [-0.39, 0.29) is 5.57 Å². The average molecular weight is 405 g/mol. The van der Waals surface area contributed by atoms with Gasteiger partial charge in [-0.3, -0.25) is 4.79 Å². The maximum absolute atomic E-state index is 12.4. The molecule has 7 heteroatoms. The number of ether oxygens (including phenoxy) is 2. The molecule has 5 nitrogen and oxygen atoms in total. The molecule has 0 atom stereocenters. The van der Waals surface area contributed by atoms with Gasteiger partial charge in [0.05, 0.1) is 18.7 Å². The lowest BCUT2D eigenvalue weighted by atomic mass is 10.1. The number of rotatable bonds is 6. The molecule has 140 valence electrons. The van der Waals surface area contributed by atoms with Crippen molar-refractivity contribution in [1.29, 1.82) is 5.26 Å². The molecule has 0 aliphatic carbocycles. The highest BCUT2D eigenvalue weighted by Gasteiger charge is 2.14. The van der Waals surface area contributed by atoms with Gasteiger partial charge in [0.15, 0.2) is 11.5 Å². The Morgan fingerprint density at radius 1 is 1.22 bits per heavy atom. The van der Waals surface area contributed by atoms with Crippen molar-refractivity contribution in [2.75, 3.05) is 19.0 Å². The Labute approximate surface area is 168 Å². The molecule has 2 aromatic carbocycles. The summed E-state index contributed by atoms with van der Waals surface area (Å²) in [5.41, 5.74) is 1.73. The molecule has 0 aromatic heterocycles. The lowest BCUT2D eigenvalue weighted by Gasteiger charge is -2.11. The van der Waals surface area contributed by atoms with Gasteiger partial charge in [-0.2, -0.15) is 5.26 Å². The van der Waals surface area contributed by atoms with E-state index in [4.69, 9.17) is 32.7 Å². The van der Waals surface area contributed by atoms with Gasteiger partial charge in [0.1, 0.15) is 11.6 Å². The number of benzene rings is 2. The van der Waals surface area contributed by atoms with Crippen molar-refractivity contribution >= 4 is 40.9 Å². The Bertz CT molecular complexity index is 934. The second-order valence-electron chi connectivity index (χ2n) is 5.55. The van der Waals surface area contributed by atoms with E-state index < -0.39 is 5.91 Å². The van der Waals surface area contributed by atoms with Crippen molar-refractivity contribution in [3.63, 3.8) is 0 Å². The standard InChI is InChI=1S/C20H18Cl2N2O3/c1-4-27-19-10-17(22)13(8-18(19)26-3)7-14(11-23)20(25)24-15-6-5-12(2)16(21)9-15/h5-10H,4H2,1-3H3,(H,24,25)/b14-7+. The summed E-state index contributed by atoms with van der Waals surface area (Å²) in [4.78, 5) is 12.4. The zero-order valence-corrected chi connectivity index (χ0v) is 16.6. The van der Waals surface area contributed by atoms with Crippen LogP contribution in [0.1, 0.15) is 18.1 Å². The minimum absolute atomic E-state index is 0.111. The minimum atomic E-state index is -0.568. The van der Waals surface area contributed by atoms with Crippen LogP contribution in [0.3, 0.4) is 0 Å². The van der Waals surface area contributed by atoms with Crippen LogP contribution < -0.4 is 14.8 Å². The quantitative estimate of drug-likeness (QED) is 0.526. The Morgan fingerprint density at radius 3 is 2.56 bits per heavy atom. The molecule has 0 saturated heterocycles. The largest absolute Gasteiger partial charge is 0.493 e. The average Bonchev–Trinajstić information content (AvgIpc) is 2.64. The summed E-state index contributed by atoms with van der Waals surface area (Å²) in [7, 11) is 1.50. The van der Waals surface area contributed by atoms with Crippen molar-refractivity contribution in [2.24, 2.45) is 0 Å². The maximum Gasteiger partial charge on any atom is 0.266 e. The molecule has 1 amide bonds. The molecule has 0 aliphatic rings. The van der Waals surface area contributed by atoms with Gasteiger partial charge in [0, 0.05) is 16.8 Å². The van der Waals surface area contributed by atoms with Crippen LogP contribution >= 0.6 is 23.2 Å². The van der Waals surface area contributed by atoms with Gasteiger partial charge in [0.2, 0.25) is 0 Å². The van der Waals surface area contributed by atoms with Crippen molar-refractivity contribution < 1.29 is 14.3 Å². The number of hydrogen-bond donors (Lipinski definition) is 1. The molecule has 0 radical (unpaired) electrons. The predicted octanol–water partition coefficient (Wildman–Crippen LogP) is 5.25. The molecule has 2 aromatic rings. The van der Waals surface area contributed by atoms with Crippen LogP contribution in [-0.4, -0.2) is 19.6 Å². The van der Waals surface area contributed by atoms with Crippen LogP contribution in [0, 0.1) is 18.3 Å². The molecule has 0 unspecified atom stereocenters. The van der Waals surface area contributed by atoms with Crippen LogP contribution in [0.4, 0.5) is 5.69 Å². The van der Waals surface area contributed by atoms with Gasteiger partial charge in [-0.05, 0) is 49.2 Å². The molecular formula is C20H18Cl2N2O3. The fourth-order valence-corrected chi connectivity index (χ4v) is 2.65. The summed E-state index contributed by atoms with van der Waals surface area (Å²) in [6.07, 6.45) is 1.39. The molecule has 0 heterocycles. The first-order chi connectivity index (χ1) is 12.9. The number of nitrogens with one attached hydrogen (secondary N) is 1. The first-order valence-corrected chi connectivity index (χ1v) is 8.84. The Balaban J connectivity index is 2.33. The molecule has 0 spiro atoms. The topological polar surface area (TPSA) is 71.3 Å². The molecular weight excluding hydrogens is 387 g/mol. The van der Waals surface area contributed by atoms with Crippen molar-refractivity contribution in [2.45, 2.75) is 13.8 Å². The molecule has 0 bridgehead atoms. The van der Waals surface area contributed by atoms with Gasteiger partial charge in [0.25, 0.3) is 5.91 Å². The number of carbonyl (C=O) groups excluding carboxylic acids is 1. The van der Waals surface area contributed by atoms with Crippen LogP contribution in [0.25, 0.3) is 6.08 Å². The number of methoxy groups -OCH3 is 1. The maximum atomic E-state index is 12.4. The van der Waals surface area contributed by atoms with Crippen molar-refractivity contribution in [1.82, 2.24) is 0 Å². The zero-order chi connectivity index (χ0) is 20.0. The summed E-state index contributed by atoms with van der Waals surface area (Å²) < 4.78 is 10.7. The van der Waals surface area contributed by atoms with E-state index in [1.807, 2.05) is 19.9 Å². The number of hydrogen-bond acceptors (Lipinski definition) is 4. The van der Waals surface area contributed by atoms with E-state index in [1.54, 1.807) is 30.3 Å². The summed E-state index contributed by atoms with van der Waals surface area (Å²) in [5.74, 6) is 0.372. The monoisotopic (exact) mass is 404 g/mol. The lowest BCUT2D eigenvalue weighted by Crippen LogP contribution is -2.13. The van der Waals surface area contributed by atoms with Crippen LogP contribution in [-0.2, 0) is 4.79 Å². The third kappa shape index (κ3) is 5.16.